The number of methoxy groups -OCH3 is 1. The maximum Gasteiger partial charge on any atom is 0.381 e. The van der Waals surface area contributed by atoms with Crippen molar-refractivity contribution >= 4 is 116 Å². The Labute approximate surface area is 752 Å². The molecule has 126 heavy (non-hydrogen) atoms. The molecule has 9 aromatic rings. The summed E-state index contributed by atoms with van der Waals surface area (Å²) in [5.74, 6) is -2.14. The normalized spacial score (nSPS) is 13.5. The number of benzene rings is 9. The second-order valence-electron chi connectivity index (χ2n) is 30.5. The van der Waals surface area contributed by atoms with Crippen LogP contribution in [-0.4, -0.2) is 110 Å². The number of Topliss-reactive ketones (excluding diaryl/α,β-unsaturated/α-hetero) is 1. The topological polar surface area (TPSA) is 324 Å². The number of esters is 2. The Kier molecular flexibility index (Phi) is 39.1. The highest BCUT2D eigenvalue weighted by Gasteiger charge is 2.53. The fourth-order valence-electron chi connectivity index (χ4n) is 13.2. The monoisotopic (exact) mass is 1770 g/mol. The average Bonchev–Trinajstić information content (AvgIpc) is 1.61. The third-order valence-corrected chi connectivity index (χ3v) is 21.7. The van der Waals surface area contributed by atoms with Crippen LogP contribution in [0.2, 0.25) is 15.1 Å². The number of aryl methyl sites for hydroxylation is 6. The van der Waals surface area contributed by atoms with E-state index in [4.69, 9.17) is 73.3 Å². The Morgan fingerprint density at radius 3 is 1.52 bits per heavy atom. The number of ether oxygens (including phenoxy) is 7. The van der Waals surface area contributed by atoms with Gasteiger partial charge in [0.05, 0.1) is 57.9 Å². The van der Waals surface area contributed by atoms with Crippen molar-refractivity contribution in [3.63, 3.8) is 0 Å². The van der Waals surface area contributed by atoms with Gasteiger partial charge in [-0.15, -0.1) is 0 Å². The first-order valence-corrected chi connectivity index (χ1v) is 43.3. The summed E-state index contributed by atoms with van der Waals surface area (Å²) >= 11 is 18.7. The number of hydrogen-bond donors (Lipinski definition) is 5. The van der Waals surface area contributed by atoms with Gasteiger partial charge in [0.15, 0.2) is 18.0 Å². The number of unbranched alkanes of at least 4 members (excludes halogenated alkanes) is 9. The van der Waals surface area contributed by atoms with Crippen molar-refractivity contribution in [1.82, 2.24) is 5.32 Å². The highest BCUT2D eigenvalue weighted by molar-refractivity contribution is 6.35. The van der Waals surface area contributed by atoms with Crippen molar-refractivity contribution in [2.24, 2.45) is 10.6 Å². The number of nitrogens with one attached hydrogen (secondary N) is 5. The Balaban J connectivity index is 0.000000217. The average molecular weight is 1780 g/mol. The van der Waals surface area contributed by atoms with E-state index in [0.29, 0.717) is 77.9 Å². The van der Waals surface area contributed by atoms with E-state index in [1.807, 2.05) is 153 Å². The van der Waals surface area contributed by atoms with Crippen LogP contribution in [0.25, 0.3) is 0 Å². The molecule has 9 aromatic carbocycles. The van der Waals surface area contributed by atoms with E-state index in [9.17, 15) is 43.2 Å². The van der Waals surface area contributed by atoms with Crippen molar-refractivity contribution in [3.05, 3.63) is 265 Å². The van der Waals surface area contributed by atoms with Gasteiger partial charge in [-0.2, -0.15) is 5.26 Å². The summed E-state index contributed by atoms with van der Waals surface area (Å²) < 4.78 is 39.2. The molecule has 5 amide bonds. The molecule has 664 valence electrons. The van der Waals surface area contributed by atoms with Crippen molar-refractivity contribution in [2.75, 3.05) is 42.0 Å². The van der Waals surface area contributed by atoms with Crippen LogP contribution in [0.5, 0.6) is 28.7 Å². The number of nitriles is 1. The van der Waals surface area contributed by atoms with Gasteiger partial charge >= 0.3 is 17.9 Å². The number of anilines is 4. The minimum absolute atomic E-state index is 0.149. The number of halogens is 3. The number of oxime groups is 1. The Bertz CT molecular complexity index is 5310. The number of nitrogens with zero attached hydrogens (tertiary/aromatic N) is 2. The van der Waals surface area contributed by atoms with E-state index >= 15 is 0 Å². The number of ketones is 1. The molecule has 11 rings (SSSR count). The van der Waals surface area contributed by atoms with Crippen LogP contribution in [0.15, 0.2) is 199 Å². The SMILES string of the molecule is CCC(Oc1ccc(C)cc1C)C(=O)Nc1ccc(Cl)c(C)c1.CCC(Oc1ccc(C)cc1C)C(=O)Nc1ccc(Cl)c(NC(=O)C(Oc2ccc(C(=O)OC)cc2)C(=O)NC)c1.CCCCCCCCCCCCOC(=O)c1ccc(Cl)c(NC(=O)C(Oc2ccc(C#N)cc2)C(=O)C2(CC)CC2)c1.Cc1cccc(C2=NOC(=O)C2Oc2ccccc2)c1. The van der Waals surface area contributed by atoms with Gasteiger partial charge in [0, 0.05) is 34.4 Å². The standard InChI is InChI=1S/C34H43ClN2O5.C30H32ClN3O7.C19H22ClNO2.C16H13NO3/c1-3-5-6-7-8-9-10-11-12-13-22-41-33(40)26-16-19-28(35)29(23-26)37-32(39)30(31(38)34(4-2)20-21-34)42-27-17-14-25(24-36)15-18-27;1-6-24(41-25-14-7-17(2)15-18(25)3)27(35)33-20-10-13-22(31)23(16-20)34-29(37)26(28(36)32-4)40-21-11-8-19(9-12-21)30(38)39-5;1-5-17(23-18-9-6-12(2)10-14(18)4)19(22)21-15-7-8-16(20)13(3)11-15;1-11-6-5-7-12(10-11)14-15(16(18)20-17-14)19-13-8-3-2-4-9-13/h14-19,23,30H,3-13,20-22H2,1-2H3,(H,37,39);7-16,24,26H,6H2,1-5H3,(H,32,36)(H,33,35)(H,34,37);6-11,17H,5H2,1-4H3,(H,21,22);2-10,15H,1H3. The first-order chi connectivity index (χ1) is 60.5. The summed E-state index contributed by atoms with van der Waals surface area (Å²) in [5.41, 5.74) is 9.34. The predicted octanol–water partition coefficient (Wildman–Crippen LogP) is 20.9. The Morgan fingerprint density at radius 2 is 1.00 bits per heavy atom. The number of para-hydroxylation sites is 1. The molecule has 0 radical (unpaired) electrons. The molecule has 1 aliphatic heterocycles. The fraction of sp³-hybridized carbons (Fsp3) is 0.343. The summed E-state index contributed by atoms with van der Waals surface area (Å²) in [6.07, 6.45) is 9.82. The molecule has 5 unspecified atom stereocenters. The lowest BCUT2D eigenvalue weighted by Crippen LogP contribution is -2.45. The van der Waals surface area contributed by atoms with Gasteiger partial charge in [-0.3, -0.25) is 28.8 Å². The van der Waals surface area contributed by atoms with Gasteiger partial charge in [-0.05, 0) is 230 Å². The zero-order chi connectivity index (χ0) is 91.4. The van der Waals surface area contributed by atoms with Gasteiger partial charge in [0.1, 0.15) is 34.5 Å². The zero-order valence-electron chi connectivity index (χ0n) is 73.1. The highest BCUT2D eigenvalue weighted by atomic mass is 35.5. The molecule has 0 saturated heterocycles. The molecule has 5 atom stereocenters. The third-order valence-electron chi connectivity index (χ3n) is 20.7. The minimum atomic E-state index is -1.59. The maximum absolute atomic E-state index is 13.4. The van der Waals surface area contributed by atoms with Crippen LogP contribution in [0.3, 0.4) is 0 Å². The van der Waals surface area contributed by atoms with Crippen LogP contribution in [0, 0.1) is 58.3 Å². The third kappa shape index (κ3) is 30.1. The number of carbonyl (C=O) groups excluding carboxylic acids is 9. The predicted molar refractivity (Wildman–Crippen MR) is 490 cm³/mol. The van der Waals surface area contributed by atoms with Crippen LogP contribution < -0.4 is 50.3 Å². The van der Waals surface area contributed by atoms with E-state index < -0.39 is 71.6 Å². The van der Waals surface area contributed by atoms with Crippen molar-refractivity contribution in [2.45, 2.75) is 196 Å². The molecule has 27 heteroatoms. The number of amides is 5. The van der Waals surface area contributed by atoms with E-state index in [1.165, 1.54) is 113 Å². The largest absolute Gasteiger partial charge is 0.480 e. The molecule has 0 bridgehead atoms. The van der Waals surface area contributed by atoms with Gasteiger partial charge in [0.25, 0.3) is 35.6 Å². The molecule has 1 aliphatic carbocycles. The first kappa shape index (κ1) is 98.9. The number of likely N-dealkylation sites (N-methyl/N-ethyl adjacent to an activating group) is 1. The molecule has 1 saturated carbocycles. The summed E-state index contributed by atoms with van der Waals surface area (Å²) in [6.45, 7) is 20.0. The van der Waals surface area contributed by atoms with Crippen LogP contribution >= 0.6 is 34.8 Å². The van der Waals surface area contributed by atoms with Gasteiger partial charge in [-0.25, -0.2) is 14.4 Å². The van der Waals surface area contributed by atoms with Crippen LogP contribution in [-0.2, 0) is 47.9 Å². The lowest BCUT2D eigenvalue weighted by molar-refractivity contribution is -0.145. The second kappa shape index (κ2) is 49.8. The van der Waals surface area contributed by atoms with E-state index in [2.05, 4.69) is 43.4 Å². The summed E-state index contributed by atoms with van der Waals surface area (Å²) in [4.78, 5) is 119. The van der Waals surface area contributed by atoms with Gasteiger partial charge < -0.3 is 64.6 Å². The first-order valence-electron chi connectivity index (χ1n) is 42.1. The zero-order valence-corrected chi connectivity index (χ0v) is 75.4. The molecule has 5 N–H and O–H groups in total. The number of rotatable bonds is 38. The minimum Gasteiger partial charge on any atom is -0.480 e. The molecule has 2 aliphatic rings. The van der Waals surface area contributed by atoms with Crippen LogP contribution in [0.1, 0.15) is 189 Å². The smallest absolute Gasteiger partial charge is 0.381 e. The van der Waals surface area contributed by atoms with Crippen molar-refractivity contribution < 1.29 is 81.1 Å². The number of hydrogen-bond acceptors (Lipinski definition) is 19. The lowest BCUT2D eigenvalue weighted by Gasteiger charge is -2.22. The van der Waals surface area contributed by atoms with Gasteiger partial charge in [-0.1, -0.05) is 203 Å². The Hall–Kier alpha value is -12.6. The molecule has 0 aromatic heterocycles. The van der Waals surface area contributed by atoms with E-state index in [-0.39, 0.29) is 55.9 Å². The molecular formula is C99H110Cl3N7O17. The quantitative estimate of drug-likeness (QED) is 0.0104. The molecular weight excluding hydrogens is 1670 g/mol. The maximum atomic E-state index is 13.4. The van der Waals surface area contributed by atoms with Crippen molar-refractivity contribution in [3.8, 4) is 34.8 Å². The molecule has 0 spiro atoms. The van der Waals surface area contributed by atoms with Crippen LogP contribution in [0.4, 0.5) is 22.7 Å². The molecule has 24 nitrogen and oxygen atoms in total. The lowest BCUT2D eigenvalue weighted by atomic mass is 9.93. The highest BCUT2D eigenvalue weighted by Crippen LogP contribution is 2.50. The number of carbonyl (C=O) groups is 9. The molecule has 1 heterocycles. The van der Waals surface area contributed by atoms with Crippen molar-refractivity contribution in [1.29, 1.82) is 5.26 Å². The summed E-state index contributed by atoms with van der Waals surface area (Å²) in [7, 11) is 2.62. The summed E-state index contributed by atoms with van der Waals surface area (Å²) in [6, 6.07) is 57.0. The van der Waals surface area contributed by atoms with E-state index in [1.54, 1.807) is 60.7 Å². The summed E-state index contributed by atoms with van der Waals surface area (Å²) in [5, 5.41) is 27.3. The Morgan fingerprint density at radius 1 is 0.492 bits per heavy atom. The van der Waals surface area contributed by atoms with E-state index in [0.717, 1.165) is 64.1 Å². The molecule has 1 fully saturated rings. The van der Waals surface area contributed by atoms with Gasteiger partial charge in [0.2, 0.25) is 12.2 Å². The fourth-order valence-corrected chi connectivity index (χ4v) is 13.6. The second-order valence-corrected chi connectivity index (χ2v) is 31.7.